The van der Waals surface area contributed by atoms with E-state index in [-0.39, 0.29) is 30.0 Å². The number of allylic oxidation sites excluding steroid dienone is 2. The van der Waals surface area contributed by atoms with Crippen LogP contribution in [0.5, 0.6) is 5.75 Å². The number of methoxy groups -OCH3 is 1. The van der Waals surface area contributed by atoms with Gasteiger partial charge < -0.3 is 15.2 Å². The van der Waals surface area contributed by atoms with E-state index in [0.717, 1.165) is 0 Å². The standard InChI is InChI=1S/C15H15ClN2O6/c1-24-13-7-9(18(22)23)3-5-12(13)17-14(19)11-6-8(16)2-4-10(11)15(20)21/h2-3,5,7,10-11H,4,6H2,1H3,(H,17,19)(H,20,21). The first-order chi connectivity index (χ1) is 11.3. The van der Waals surface area contributed by atoms with Gasteiger partial charge in [-0.05, 0) is 18.9 Å². The molecule has 8 nitrogen and oxygen atoms in total. The number of amides is 1. The summed E-state index contributed by atoms with van der Waals surface area (Å²) in [6, 6.07) is 3.74. The Morgan fingerprint density at radius 3 is 2.71 bits per heavy atom. The van der Waals surface area contributed by atoms with Crippen molar-refractivity contribution in [2.75, 3.05) is 12.4 Å². The third-order valence-corrected chi connectivity index (χ3v) is 4.11. The van der Waals surface area contributed by atoms with Crippen LogP contribution in [-0.2, 0) is 9.59 Å². The molecule has 0 saturated heterocycles. The average Bonchev–Trinajstić information content (AvgIpc) is 2.54. The van der Waals surface area contributed by atoms with Crippen molar-refractivity contribution in [1.29, 1.82) is 0 Å². The van der Waals surface area contributed by atoms with Crippen LogP contribution in [0.2, 0.25) is 0 Å². The molecule has 1 aromatic rings. The Hall–Kier alpha value is -2.61. The monoisotopic (exact) mass is 354 g/mol. The maximum absolute atomic E-state index is 12.5. The average molecular weight is 355 g/mol. The Labute approximate surface area is 142 Å². The molecule has 2 rings (SSSR count). The molecule has 0 bridgehead atoms. The highest BCUT2D eigenvalue weighted by molar-refractivity contribution is 6.29. The molecule has 2 N–H and O–H groups in total. The fraction of sp³-hybridized carbons (Fsp3) is 0.333. The summed E-state index contributed by atoms with van der Waals surface area (Å²) in [6.45, 7) is 0. The molecule has 0 radical (unpaired) electrons. The van der Waals surface area contributed by atoms with E-state index in [1.165, 1.54) is 25.3 Å². The number of nitro benzene ring substituents is 1. The molecule has 1 aliphatic rings. The van der Waals surface area contributed by atoms with Gasteiger partial charge in [-0.25, -0.2) is 0 Å². The second-order valence-corrected chi connectivity index (χ2v) is 5.76. The number of nitrogens with one attached hydrogen (secondary N) is 1. The molecule has 0 heterocycles. The third kappa shape index (κ3) is 3.83. The Balaban J connectivity index is 2.23. The van der Waals surface area contributed by atoms with E-state index in [4.69, 9.17) is 16.3 Å². The normalized spacial score (nSPS) is 20.0. The quantitative estimate of drug-likeness (QED) is 0.619. The van der Waals surface area contributed by atoms with Crippen molar-refractivity contribution in [1.82, 2.24) is 0 Å². The van der Waals surface area contributed by atoms with Crippen LogP contribution in [0.1, 0.15) is 12.8 Å². The second-order valence-electron chi connectivity index (χ2n) is 5.27. The number of halogens is 1. The van der Waals surface area contributed by atoms with Gasteiger partial charge in [0.1, 0.15) is 5.75 Å². The molecule has 1 aliphatic carbocycles. The fourth-order valence-corrected chi connectivity index (χ4v) is 2.78. The van der Waals surface area contributed by atoms with E-state index in [9.17, 15) is 24.8 Å². The lowest BCUT2D eigenvalue weighted by atomic mass is 9.82. The van der Waals surface area contributed by atoms with Gasteiger partial charge in [0, 0.05) is 11.1 Å². The SMILES string of the molecule is COc1cc([N+](=O)[O-])ccc1NC(=O)C1CC(Cl)=CCC1C(=O)O. The summed E-state index contributed by atoms with van der Waals surface area (Å²) in [5.74, 6) is -3.20. The minimum atomic E-state index is -1.08. The molecule has 9 heteroatoms. The number of carbonyl (C=O) groups is 2. The number of nitro groups is 1. The Morgan fingerprint density at radius 2 is 2.12 bits per heavy atom. The van der Waals surface area contributed by atoms with Gasteiger partial charge in [0.15, 0.2) is 0 Å². The van der Waals surface area contributed by atoms with Crippen LogP contribution in [0.25, 0.3) is 0 Å². The molecule has 0 saturated carbocycles. The lowest BCUT2D eigenvalue weighted by molar-refractivity contribution is -0.384. The number of non-ortho nitro benzene ring substituents is 1. The number of ether oxygens (including phenoxy) is 1. The van der Waals surface area contributed by atoms with Gasteiger partial charge in [0.25, 0.3) is 5.69 Å². The van der Waals surface area contributed by atoms with E-state index in [0.29, 0.717) is 5.03 Å². The number of hydrogen-bond acceptors (Lipinski definition) is 5. The second kappa shape index (κ2) is 7.31. The number of carbonyl (C=O) groups excluding carboxylic acids is 1. The van der Waals surface area contributed by atoms with Crippen molar-refractivity contribution in [3.63, 3.8) is 0 Å². The number of benzene rings is 1. The zero-order valence-electron chi connectivity index (χ0n) is 12.7. The molecule has 0 fully saturated rings. The van der Waals surface area contributed by atoms with E-state index in [2.05, 4.69) is 5.32 Å². The highest BCUT2D eigenvalue weighted by Crippen LogP contribution is 2.34. The summed E-state index contributed by atoms with van der Waals surface area (Å²) in [5.41, 5.74) is 0.0415. The van der Waals surface area contributed by atoms with Gasteiger partial charge in [0.05, 0.1) is 35.6 Å². The summed E-state index contributed by atoms with van der Waals surface area (Å²) in [4.78, 5) is 34.0. The number of carboxylic acids is 1. The molecular formula is C15H15ClN2O6. The molecular weight excluding hydrogens is 340 g/mol. The molecule has 1 aromatic carbocycles. The van der Waals surface area contributed by atoms with Crippen molar-refractivity contribution in [2.45, 2.75) is 12.8 Å². The van der Waals surface area contributed by atoms with Crippen LogP contribution < -0.4 is 10.1 Å². The molecule has 1 amide bonds. The van der Waals surface area contributed by atoms with Gasteiger partial charge in [-0.15, -0.1) is 0 Å². The lowest BCUT2D eigenvalue weighted by Gasteiger charge is -2.26. The van der Waals surface area contributed by atoms with Crippen molar-refractivity contribution in [3.8, 4) is 5.75 Å². The number of carboxylic acid groups (broad SMARTS) is 1. The number of rotatable bonds is 5. The molecule has 0 spiro atoms. The van der Waals surface area contributed by atoms with Crippen LogP contribution in [-0.4, -0.2) is 29.0 Å². The smallest absolute Gasteiger partial charge is 0.307 e. The Bertz CT molecular complexity index is 718. The zero-order chi connectivity index (χ0) is 17.9. The van der Waals surface area contributed by atoms with Gasteiger partial charge in [-0.2, -0.15) is 0 Å². The number of aliphatic carboxylic acids is 1. The predicted octanol–water partition coefficient (Wildman–Crippen LogP) is 2.78. The molecule has 2 atom stereocenters. The largest absolute Gasteiger partial charge is 0.494 e. The van der Waals surface area contributed by atoms with Crippen LogP contribution in [0.4, 0.5) is 11.4 Å². The van der Waals surface area contributed by atoms with Crippen LogP contribution >= 0.6 is 11.6 Å². The van der Waals surface area contributed by atoms with Crippen molar-refractivity contribution >= 4 is 34.9 Å². The van der Waals surface area contributed by atoms with Crippen LogP contribution in [0.15, 0.2) is 29.3 Å². The first-order valence-electron chi connectivity index (χ1n) is 7.04. The summed E-state index contributed by atoms with van der Waals surface area (Å²) in [7, 11) is 1.31. The number of hydrogen-bond donors (Lipinski definition) is 2. The van der Waals surface area contributed by atoms with Gasteiger partial charge in [0.2, 0.25) is 5.91 Å². The molecule has 0 aliphatic heterocycles. The van der Waals surface area contributed by atoms with Gasteiger partial charge in [-0.3, -0.25) is 19.7 Å². The lowest BCUT2D eigenvalue weighted by Crippen LogP contribution is -2.35. The van der Waals surface area contributed by atoms with E-state index in [1.54, 1.807) is 6.08 Å². The van der Waals surface area contributed by atoms with Gasteiger partial charge >= 0.3 is 5.97 Å². The topological polar surface area (TPSA) is 119 Å². The maximum atomic E-state index is 12.5. The van der Waals surface area contributed by atoms with Gasteiger partial charge in [-0.1, -0.05) is 17.7 Å². The molecule has 24 heavy (non-hydrogen) atoms. The minimum Gasteiger partial charge on any atom is -0.494 e. The highest BCUT2D eigenvalue weighted by Gasteiger charge is 2.36. The fourth-order valence-electron chi connectivity index (χ4n) is 2.53. The molecule has 0 aromatic heterocycles. The van der Waals surface area contributed by atoms with Crippen molar-refractivity contribution in [3.05, 3.63) is 39.4 Å². The molecule has 128 valence electrons. The van der Waals surface area contributed by atoms with Crippen LogP contribution in [0.3, 0.4) is 0 Å². The third-order valence-electron chi connectivity index (χ3n) is 3.80. The first-order valence-corrected chi connectivity index (χ1v) is 7.42. The van der Waals surface area contributed by atoms with Crippen LogP contribution in [0, 0.1) is 22.0 Å². The number of nitrogens with zero attached hydrogens (tertiary/aromatic N) is 1. The maximum Gasteiger partial charge on any atom is 0.307 e. The summed E-state index contributed by atoms with van der Waals surface area (Å²) in [6.07, 6.45) is 1.89. The van der Waals surface area contributed by atoms with E-state index < -0.39 is 28.6 Å². The molecule has 2 unspecified atom stereocenters. The number of anilines is 1. The van der Waals surface area contributed by atoms with Crippen molar-refractivity contribution in [2.24, 2.45) is 11.8 Å². The summed E-state index contributed by atoms with van der Waals surface area (Å²) in [5, 5.41) is 23.0. The first kappa shape index (κ1) is 17.7. The predicted molar refractivity (Wildman–Crippen MR) is 86.1 cm³/mol. The van der Waals surface area contributed by atoms with E-state index in [1.807, 2.05) is 0 Å². The van der Waals surface area contributed by atoms with Crippen molar-refractivity contribution < 1.29 is 24.4 Å². The summed E-state index contributed by atoms with van der Waals surface area (Å²) < 4.78 is 5.05. The van der Waals surface area contributed by atoms with E-state index >= 15 is 0 Å². The minimum absolute atomic E-state index is 0.113. The Morgan fingerprint density at radius 1 is 1.42 bits per heavy atom. The zero-order valence-corrected chi connectivity index (χ0v) is 13.4. The highest BCUT2D eigenvalue weighted by atomic mass is 35.5. The Kier molecular flexibility index (Phi) is 5.40. The summed E-state index contributed by atoms with van der Waals surface area (Å²) >= 11 is 5.93.